The third kappa shape index (κ3) is 7.20. The summed E-state index contributed by atoms with van der Waals surface area (Å²) >= 11 is 0. The van der Waals surface area contributed by atoms with Gasteiger partial charge in [0.05, 0.1) is 0 Å². The van der Waals surface area contributed by atoms with Crippen LogP contribution < -0.4 is 0 Å². The molecule has 0 saturated carbocycles. The standard InChI is InChI=1S/C21H26O3/c1-18(2)20(13-9-17-24-21-14-6-7-15-23-21)22-16-8-12-19-10-4-3-5-11-19/h3-5,10-11,18,20-21H,6-7,14-17H2,1-2H3. The van der Waals surface area contributed by atoms with E-state index in [9.17, 15) is 0 Å². The van der Waals surface area contributed by atoms with Crippen molar-refractivity contribution in [2.75, 3.05) is 19.8 Å². The van der Waals surface area contributed by atoms with Crippen LogP contribution in [-0.2, 0) is 14.2 Å². The first-order valence-corrected chi connectivity index (χ1v) is 8.63. The van der Waals surface area contributed by atoms with Crippen molar-refractivity contribution in [1.82, 2.24) is 0 Å². The zero-order chi connectivity index (χ0) is 17.0. The van der Waals surface area contributed by atoms with Gasteiger partial charge in [-0.15, -0.1) is 0 Å². The molecule has 2 rings (SSSR count). The van der Waals surface area contributed by atoms with Crippen LogP contribution in [0.15, 0.2) is 30.3 Å². The third-order valence-electron chi connectivity index (χ3n) is 3.67. The van der Waals surface area contributed by atoms with Crippen LogP contribution in [0, 0.1) is 29.6 Å². The van der Waals surface area contributed by atoms with Crippen molar-refractivity contribution in [3.63, 3.8) is 0 Å². The van der Waals surface area contributed by atoms with Gasteiger partial charge in [0, 0.05) is 12.2 Å². The molecule has 3 heteroatoms. The molecule has 0 N–H and O–H groups in total. The molecule has 0 aliphatic carbocycles. The molecule has 0 radical (unpaired) electrons. The maximum Gasteiger partial charge on any atom is 0.158 e. The van der Waals surface area contributed by atoms with Crippen molar-refractivity contribution >= 4 is 0 Å². The van der Waals surface area contributed by atoms with E-state index in [4.69, 9.17) is 14.2 Å². The summed E-state index contributed by atoms with van der Waals surface area (Å²) in [6, 6.07) is 9.90. The molecular formula is C21H26O3. The fourth-order valence-electron chi connectivity index (χ4n) is 2.31. The summed E-state index contributed by atoms with van der Waals surface area (Å²) < 4.78 is 16.9. The Labute approximate surface area is 145 Å². The lowest BCUT2D eigenvalue weighted by molar-refractivity contribution is -0.154. The van der Waals surface area contributed by atoms with Crippen LogP contribution in [0.4, 0.5) is 0 Å². The Morgan fingerprint density at radius 3 is 2.67 bits per heavy atom. The molecule has 0 spiro atoms. The smallest absolute Gasteiger partial charge is 0.158 e. The summed E-state index contributed by atoms with van der Waals surface area (Å²) in [4.78, 5) is 0. The topological polar surface area (TPSA) is 27.7 Å². The van der Waals surface area contributed by atoms with Gasteiger partial charge in [-0.3, -0.25) is 0 Å². The maximum absolute atomic E-state index is 5.78. The van der Waals surface area contributed by atoms with E-state index in [0.29, 0.717) is 19.1 Å². The summed E-state index contributed by atoms with van der Waals surface area (Å²) in [5.41, 5.74) is 0.995. The Hall–Kier alpha value is -1.78. The van der Waals surface area contributed by atoms with E-state index in [2.05, 4.69) is 37.5 Å². The van der Waals surface area contributed by atoms with Gasteiger partial charge in [-0.25, -0.2) is 0 Å². The zero-order valence-electron chi connectivity index (χ0n) is 14.6. The van der Waals surface area contributed by atoms with E-state index < -0.39 is 0 Å². The molecule has 1 aliphatic heterocycles. The zero-order valence-corrected chi connectivity index (χ0v) is 14.6. The van der Waals surface area contributed by atoms with Crippen molar-refractivity contribution in [2.45, 2.75) is 45.5 Å². The number of rotatable bonds is 5. The Morgan fingerprint density at radius 2 is 1.96 bits per heavy atom. The average molecular weight is 326 g/mol. The second-order valence-electron chi connectivity index (χ2n) is 6.07. The lowest BCUT2D eigenvalue weighted by Gasteiger charge is -2.21. The summed E-state index contributed by atoms with van der Waals surface area (Å²) in [6.45, 7) is 5.73. The molecular weight excluding hydrogens is 300 g/mol. The summed E-state index contributed by atoms with van der Waals surface area (Å²) in [5, 5.41) is 0. The first-order chi connectivity index (χ1) is 11.8. The normalized spacial score (nSPS) is 18.2. The van der Waals surface area contributed by atoms with Crippen LogP contribution in [0.2, 0.25) is 0 Å². The highest BCUT2D eigenvalue weighted by Gasteiger charge is 2.13. The quantitative estimate of drug-likeness (QED) is 0.774. The predicted molar refractivity (Wildman–Crippen MR) is 95.2 cm³/mol. The largest absolute Gasteiger partial charge is 0.353 e. The SMILES string of the molecule is CC(C)C(C#CCOC1CCCCO1)OCC#Cc1ccccc1. The Kier molecular flexibility index (Phi) is 8.42. The molecule has 1 aromatic carbocycles. The van der Waals surface area contributed by atoms with Crippen LogP contribution in [0.3, 0.4) is 0 Å². The van der Waals surface area contributed by atoms with Crippen molar-refractivity contribution < 1.29 is 14.2 Å². The van der Waals surface area contributed by atoms with Crippen molar-refractivity contribution in [1.29, 1.82) is 0 Å². The Balaban J connectivity index is 1.73. The van der Waals surface area contributed by atoms with E-state index in [0.717, 1.165) is 31.4 Å². The van der Waals surface area contributed by atoms with Crippen LogP contribution in [-0.4, -0.2) is 32.2 Å². The van der Waals surface area contributed by atoms with Gasteiger partial charge in [0.25, 0.3) is 0 Å². The van der Waals surface area contributed by atoms with Crippen LogP contribution >= 0.6 is 0 Å². The van der Waals surface area contributed by atoms with Gasteiger partial charge in [0.15, 0.2) is 6.29 Å². The highest BCUT2D eigenvalue weighted by molar-refractivity contribution is 5.33. The molecule has 1 saturated heterocycles. The lowest BCUT2D eigenvalue weighted by Crippen LogP contribution is -2.22. The molecule has 1 fully saturated rings. The highest BCUT2D eigenvalue weighted by Crippen LogP contribution is 2.13. The summed E-state index contributed by atoms with van der Waals surface area (Å²) in [7, 11) is 0. The first kappa shape index (κ1) is 18.6. The van der Waals surface area contributed by atoms with Gasteiger partial charge < -0.3 is 14.2 Å². The minimum absolute atomic E-state index is 0.0943. The summed E-state index contributed by atoms with van der Waals surface area (Å²) in [6.07, 6.45) is 3.02. The average Bonchev–Trinajstić information content (AvgIpc) is 2.62. The third-order valence-corrected chi connectivity index (χ3v) is 3.67. The molecule has 1 aliphatic rings. The fraction of sp³-hybridized carbons (Fsp3) is 0.524. The number of ether oxygens (including phenoxy) is 3. The van der Waals surface area contributed by atoms with Gasteiger partial charge >= 0.3 is 0 Å². The minimum atomic E-state index is -0.133. The lowest BCUT2D eigenvalue weighted by atomic mass is 10.1. The Morgan fingerprint density at radius 1 is 1.12 bits per heavy atom. The molecule has 2 unspecified atom stereocenters. The molecule has 24 heavy (non-hydrogen) atoms. The van der Waals surface area contributed by atoms with E-state index in [1.165, 1.54) is 0 Å². The van der Waals surface area contributed by atoms with Crippen molar-refractivity contribution in [3.8, 4) is 23.7 Å². The van der Waals surface area contributed by atoms with Gasteiger partial charge in [-0.2, -0.15) is 0 Å². The number of hydrogen-bond acceptors (Lipinski definition) is 3. The number of hydrogen-bond donors (Lipinski definition) is 0. The van der Waals surface area contributed by atoms with Crippen LogP contribution in [0.25, 0.3) is 0 Å². The molecule has 0 amide bonds. The van der Waals surface area contributed by atoms with Gasteiger partial charge in [-0.1, -0.05) is 55.7 Å². The summed E-state index contributed by atoms with van der Waals surface area (Å²) in [5.74, 6) is 12.6. The monoisotopic (exact) mass is 326 g/mol. The molecule has 1 aromatic rings. The minimum Gasteiger partial charge on any atom is -0.353 e. The van der Waals surface area contributed by atoms with Crippen LogP contribution in [0.5, 0.6) is 0 Å². The molecule has 0 bridgehead atoms. The van der Waals surface area contributed by atoms with E-state index in [1.807, 2.05) is 30.3 Å². The predicted octanol–water partition coefficient (Wildman–Crippen LogP) is 3.63. The maximum atomic E-state index is 5.78. The van der Waals surface area contributed by atoms with Gasteiger partial charge in [0.2, 0.25) is 0 Å². The van der Waals surface area contributed by atoms with E-state index >= 15 is 0 Å². The fourth-order valence-corrected chi connectivity index (χ4v) is 2.31. The molecule has 128 valence electrons. The molecule has 2 atom stereocenters. The van der Waals surface area contributed by atoms with Crippen molar-refractivity contribution in [2.24, 2.45) is 5.92 Å². The molecule has 1 heterocycles. The second kappa shape index (κ2) is 10.9. The second-order valence-corrected chi connectivity index (χ2v) is 6.07. The van der Waals surface area contributed by atoms with Crippen LogP contribution in [0.1, 0.15) is 38.7 Å². The van der Waals surface area contributed by atoms with Gasteiger partial charge in [-0.05, 0) is 37.3 Å². The van der Waals surface area contributed by atoms with Gasteiger partial charge in [0.1, 0.15) is 19.3 Å². The Bertz CT molecular complexity index is 580. The molecule has 3 nitrogen and oxygen atoms in total. The number of benzene rings is 1. The van der Waals surface area contributed by atoms with E-state index in [1.54, 1.807) is 0 Å². The van der Waals surface area contributed by atoms with Crippen molar-refractivity contribution in [3.05, 3.63) is 35.9 Å². The highest BCUT2D eigenvalue weighted by atomic mass is 16.7. The van der Waals surface area contributed by atoms with E-state index in [-0.39, 0.29) is 12.4 Å². The first-order valence-electron chi connectivity index (χ1n) is 8.63. The molecule has 0 aromatic heterocycles.